The molecule has 0 aliphatic rings. The fourth-order valence-electron chi connectivity index (χ4n) is 7.55. The van der Waals surface area contributed by atoms with Crippen molar-refractivity contribution in [3.63, 3.8) is 0 Å². The van der Waals surface area contributed by atoms with Gasteiger partial charge in [0.1, 0.15) is 13.2 Å². The summed E-state index contributed by atoms with van der Waals surface area (Å²) in [4.78, 5) is 37.9. The Morgan fingerprint density at radius 1 is 0.339 bits per heavy atom. The average molecular weight is 869 g/mol. The van der Waals surface area contributed by atoms with Gasteiger partial charge in [-0.1, -0.05) is 236 Å². The molecule has 0 N–H and O–H groups in total. The molecule has 0 heterocycles. The van der Waals surface area contributed by atoms with E-state index in [4.69, 9.17) is 14.2 Å². The zero-order chi connectivity index (χ0) is 45.1. The summed E-state index contributed by atoms with van der Waals surface area (Å²) >= 11 is 0. The van der Waals surface area contributed by atoms with E-state index in [1.165, 1.54) is 161 Å². The summed E-state index contributed by atoms with van der Waals surface area (Å²) < 4.78 is 16.7. The number of unbranched alkanes of at least 4 members (excludes halogenated alkanes) is 30. The van der Waals surface area contributed by atoms with Gasteiger partial charge in [0.2, 0.25) is 0 Å². The van der Waals surface area contributed by atoms with Crippen molar-refractivity contribution < 1.29 is 28.6 Å². The van der Waals surface area contributed by atoms with Crippen LogP contribution in [0, 0.1) is 0 Å². The number of ether oxygens (including phenoxy) is 3. The molecular formula is C56H100O6. The SMILES string of the molecule is CCCCCCCC/C=C/C/C=C/CCC(=O)OCC(COC(=O)CCCCC/C=C/C=C/CCCCCCCCC)OC(=O)CCCCCCCCCCCCCCCCC. The molecule has 0 saturated carbocycles. The Labute approximate surface area is 384 Å². The minimum atomic E-state index is -0.803. The second-order valence-corrected chi connectivity index (χ2v) is 17.8. The molecular weight excluding hydrogens is 769 g/mol. The molecule has 0 rings (SSSR count). The lowest BCUT2D eigenvalue weighted by molar-refractivity contribution is -0.166. The summed E-state index contributed by atoms with van der Waals surface area (Å²) in [6.07, 6.45) is 61.1. The van der Waals surface area contributed by atoms with Crippen LogP contribution in [-0.4, -0.2) is 37.2 Å². The Morgan fingerprint density at radius 2 is 0.661 bits per heavy atom. The molecule has 0 bridgehead atoms. The van der Waals surface area contributed by atoms with Gasteiger partial charge in [-0.3, -0.25) is 14.4 Å². The van der Waals surface area contributed by atoms with Gasteiger partial charge >= 0.3 is 17.9 Å². The second-order valence-electron chi connectivity index (χ2n) is 17.8. The third kappa shape index (κ3) is 48.4. The molecule has 0 radical (unpaired) electrons. The van der Waals surface area contributed by atoms with Gasteiger partial charge in [0.05, 0.1) is 0 Å². The smallest absolute Gasteiger partial charge is 0.306 e. The van der Waals surface area contributed by atoms with Crippen LogP contribution in [0.1, 0.15) is 271 Å². The molecule has 0 fully saturated rings. The molecule has 0 aliphatic carbocycles. The first-order valence-electron chi connectivity index (χ1n) is 26.7. The van der Waals surface area contributed by atoms with Crippen molar-refractivity contribution in [3.05, 3.63) is 48.6 Å². The molecule has 62 heavy (non-hydrogen) atoms. The summed E-state index contributed by atoms with van der Waals surface area (Å²) in [6, 6.07) is 0. The first-order valence-corrected chi connectivity index (χ1v) is 26.7. The predicted molar refractivity (Wildman–Crippen MR) is 265 cm³/mol. The largest absolute Gasteiger partial charge is 0.462 e. The number of esters is 3. The quantitative estimate of drug-likeness (QED) is 0.0199. The summed E-state index contributed by atoms with van der Waals surface area (Å²) in [6.45, 7) is 6.57. The molecule has 0 saturated heterocycles. The number of hydrogen-bond acceptors (Lipinski definition) is 6. The zero-order valence-corrected chi connectivity index (χ0v) is 41.1. The molecule has 0 aromatic rings. The van der Waals surface area contributed by atoms with Crippen LogP contribution in [-0.2, 0) is 28.6 Å². The van der Waals surface area contributed by atoms with Crippen LogP contribution in [0.25, 0.3) is 0 Å². The first-order chi connectivity index (χ1) is 30.5. The third-order valence-corrected chi connectivity index (χ3v) is 11.6. The number of carbonyl (C=O) groups is 3. The molecule has 1 unspecified atom stereocenters. The van der Waals surface area contributed by atoms with E-state index in [2.05, 4.69) is 63.3 Å². The minimum absolute atomic E-state index is 0.102. The predicted octanol–water partition coefficient (Wildman–Crippen LogP) is 17.5. The highest BCUT2D eigenvalue weighted by molar-refractivity contribution is 5.71. The van der Waals surface area contributed by atoms with Crippen molar-refractivity contribution in [2.75, 3.05) is 13.2 Å². The summed E-state index contributed by atoms with van der Waals surface area (Å²) in [7, 11) is 0. The van der Waals surface area contributed by atoms with Crippen molar-refractivity contribution in [2.45, 2.75) is 277 Å². The normalized spacial score (nSPS) is 12.4. The van der Waals surface area contributed by atoms with E-state index in [1.807, 2.05) is 6.08 Å². The maximum Gasteiger partial charge on any atom is 0.306 e. The van der Waals surface area contributed by atoms with Gasteiger partial charge in [-0.15, -0.1) is 0 Å². The van der Waals surface area contributed by atoms with Crippen molar-refractivity contribution >= 4 is 17.9 Å². The summed E-state index contributed by atoms with van der Waals surface area (Å²) in [5, 5.41) is 0. The van der Waals surface area contributed by atoms with E-state index in [0.717, 1.165) is 64.2 Å². The van der Waals surface area contributed by atoms with E-state index in [0.29, 0.717) is 19.3 Å². The Bertz CT molecular complexity index is 1090. The van der Waals surface area contributed by atoms with E-state index in [-0.39, 0.29) is 37.5 Å². The lowest BCUT2D eigenvalue weighted by Gasteiger charge is -2.18. The minimum Gasteiger partial charge on any atom is -0.462 e. The highest BCUT2D eigenvalue weighted by Crippen LogP contribution is 2.15. The van der Waals surface area contributed by atoms with Gasteiger partial charge in [0, 0.05) is 19.3 Å². The maximum absolute atomic E-state index is 12.8. The number of hydrogen-bond donors (Lipinski definition) is 0. The molecule has 0 spiro atoms. The van der Waals surface area contributed by atoms with Crippen LogP contribution >= 0.6 is 0 Å². The molecule has 0 aliphatic heterocycles. The van der Waals surface area contributed by atoms with Crippen LogP contribution in [0.2, 0.25) is 0 Å². The lowest BCUT2D eigenvalue weighted by Crippen LogP contribution is -2.30. The van der Waals surface area contributed by atoms with Gasteiger partial charge in [0.15, 0.2) is 6.10 Å². The Balaban J connectivity index is 4.45. The number of rotatable bonds is 48. The zero-order valence-electron chi connectivity index (χ0n) is 41.1. The lowest BCUT2D eigenvalue weighted by atomic mass is 10.0. The molecule has 6 nitrogen and oxygen atoms in total. The summed E-state index contributed by atoms with van der Waals surface area (Å²) in [5.41, 5.74) is 0. The van der Waals surface area contributed by atoms with Crippen LogP contribution < -0.4 is 0 Å². The van der Waals surface area contributed by atoms with Crippen molar-refractivity contribution in [2.24, 2.45) is 0 Å². The van der Waals surface area contributed by atoms with E-state index in [1.54, 1.807) is 0 Å². The van der Waals surface area contributed by atoms with Crippen LogP contribution in [0.15, 0.2) is 48.6 Å². The van der Waals surface area contributed by atoms with E-state index < -0.39 is 6.10 Å². The Morgan fingerprint density at radius 3 is 1.10 bits per heavy atom. The number of carbonyl (C=O) groups excluding carboxylic acids is 3. The molecule has 360 valence electrons. The molecule has 6 heteroatoms. The molecule has 1 atom stereocenters. The molecule has 0 aromatic heterocycles. The Kier molecular flexibility index (Phi) is 48.8. The van der Waals surface area contributed by atoms with Gasteiger partial charge in [-0.05, 0) is 64.2 Å². The van der Waals surface area contributed by atoms with E-state index in [9.17, 15) is 14.4 Å². The fourth-order valence-corrected chi connectivity index (χ4v) is 7.55. The van der Waals surface area contributed by atoms with Gasteiger partial charge in [-0.2, -0.15) is 0 Å². The van der Waals surface area contributed by atoms with E-state index >= 15 is 0 Å². The first kappa shape index (κ1) is 59.4. The third-order valence-electron chi connectivity index (χ3n) is 11.6. The standard InChI is InChI=1S/C56H100O6/c1-4-7-10-13-16-19-22-25-27-29-31-34-37-40-43-46-49-55(58)61-52-53(51-60-54(57)48-45-42-39-36-33-30-24-21-18-15-12-9-6-3)62-56(59)50-47-44-41-38-35-32-28-26-23-20-17-14-11-8-5-2/h27,29-31,33-34,39,42,53H,4-26,28,32,35-38,40-41,43-52H2,1-3H3/b29-27+,33-30+,34-31+,42-39+. The molecule has 0 aromatic carbocycles. The average Bonchev–Trinajstić information content (AvgIpc) is 3.27. The Hall–Kier alpha value is -2.63. The maximum atomic E-state index is 12.8. The van der Waals surface area contributed by atoms with Crippen molar-refractivity contribution in [1.82, 2.24) is 0 Å². The highest BCUT2D eigenvalue weighted by Gasteiger charge is 2.19. The number of allylic oxidation sites excluding steroid dienone is 8. The van der Waals surface area contributed by atoms with Crippen molar-refractivity contribution in [3.8, 4) is 0 Å². The summed E-state index contributed by atoms with van der Waals surface area (Å²) in [5.74, 6) is -0.986. The van der Waals surface area contributed by atoms with Crippen LogP contribution in [0.4, 0.5) is 0 Å². The second kappa shape index (κ2) is 51.0. The molecule has 0 amide bonds. The monoisotopic (exact) mass is 869 g/mol. The van der Waals surface area contributed by atoms with Crippen LogP contribution in [0.3, 0.4) is 0 Å². The van der Waals surface area contributed by atoms with Crippen LogP contribution in [0.5, 0.6) is 0 Å². The van der Waals surface area contributed by atoms with Crippen molar-refractivity contribution in [1.29, 1.82) is 0 Å². The fraction of sp³-hybridized carbons (Fsp3) is 0.804. The van der Waals surface area contributed by atoms with Gasteiger partial charge in [-0.25, -0.2) is 0 Å². The van der Waals surface area contributed by atoms with Gasteiger partial charge in [0.25, 0.3) is 0 Å². The topological polar surface area (TPSA) is 78.9 Å². The highest BCUT2D eigenvalue weighted by atomic mass is 16.6. The van der Waals surface area contributed by atoms with Gasteiger partial charge < -0.3 is 14.2 Å².